The third-order valence-corrected chi connectivity index (χ3v) is 6.29. The lowest BCUT2D eigenvalue weighted by Crippen LogP contribution is -2.42. The lowest BCUT2D eigenvalue weighted by Gasteiger charge is -2.15. The molecule has 0 aliphatic carbocycles. The van der Waals surface area contributed by atoms with Crippen LogP contribution in [0.4, 0.5) is 15.3 Å². The largest absolute Gasteiger partial charge is 0.462 e. The fourth-order valence-electron chi connectivity index (χ4n) is 2.65. The van der Waals surface area contributed by atoms with Gasteiger partial charge in [0.1, 0.15) is 17.0 Å². The minimum absolute atomic E-state index is 0.205. The maximum Gasteiger partial charge on any atom is 0.338 e. The molecule has 1 aromatic carbocycles. The summed E-state index contributed by atoms with van der Waals surface area (Å²) in [7, 11) is 0. The number of carbonyl (C=O) groups excluding carboxylic acids is 6. The number of hydrogen-bond acceptors (Lipinski definition) is 9. The van der Waals surface area contributed by atoms with Gasteiger partial charge in [0.15, 0.2) is 0 Å². The van der Waals surface area contributed by atoms with Gasteiger partial charge in [0.05, 0.1) is 12.2 Å². The zero-order valence-corrected chi connectivity index (χ0v) is 16.6. The molecule has 0 spiro atoms. The van der Waals surface area contributed by atoms with Crippen molar-refractivity contribution in [3.63, 3.8) is 0 Å². The van der Waals surface area contributed by atoms with Crippen molar-refractivity contribution in [2.24, 2.45) is 0 Å². The van der Waals surface area contributed by atoms with Gasteiger partial charge in [0.2, 0.25) is 17.7 Å². The predicted molar refractivity (Wildman–Crippen MR) is 104 cm³/mol. The smallest absolute Gasteiger partial charge is 0.338 e. The number of amides is 5. The molecule has 3 rings (SSSR count). The van der Waals surface area contributed by atoms with Crippen molar-refractivity contribution in [2.45, 2.75) is 17.4 Å². The summed E-state index contributed by atoms with van der Waals surface area (Å²) < 4.78 is 4.89. The maximum absolute atomic E-state index is 12.5. The van der Waals surface area contributed by atoms with E-state index in [1.54, 1.807) is 13.0 Å². The molecule has 2 aliphatic rings. The Morgan fingerprint density at radius 3 is 2.59 bits per heavy atom. The fourth-order valence-corrected chi connectivity index (χ4v) is 4.76. The number of carbonyl (C=O) groups is 6. The van der Waals surface area contributed by atoms with E-state index in [4.69, 9.17) is 4.74 Å². The quantitative estimate of drug-likeness (QED) is 0.629. The van der Waals surface area contributed by atoms with Crippen LogP contribution < -0.4 is 10.6 Å². The van der Waals surface area contributed by atoms with Gasteiger partial charge in [-0.3, -0.25) is 34.2 Å². The highest BCUT2D eigenvalue weighted by atomic mass is 32.2. The van der Waals surface area contributed by atoms with Crippen LogP contribution in [0.3, 0.4) is 0 Å². The van der Waals surface area contributed by atoms with E-state index in [-0.39, 0.29) is 12.2 Å². The van der Waals surface area contributed by atoms with Crippen LogP contribution in [0.5, 0.6) is 0 Å². The van der Waals surface area contributed by atoms with Gasteiger partial charge in [0, 0.05) is 5.69 Å². The normalized spacial score (nSPS) is 21.3. The summed E-state index contributed by atoms with van der Waals surface area (Å²) in [4.78, 5) is 72.5. The summed E-state index contributed by atoms with van der Waals surface area (Å²) in [6.45, 7) is 1.32. The Balaban J connectivity index is 1.63. The molecule has 2 aliphatic heterocycles. The van der Waals surface area contributed by atoms with Gasteiger partial charge in [-0.25, -0.2) is 4.79 Å². The van der Waals surface area contributed by atoms with Crippen LogP contribution in [0.1, 0.15) is 17.3 Å². The van der Waals surface area contributed by atoms with Gasteiger partial charge >= 0.3 is 5.97 Å². The van der Waals surface area contributed by atoms with Crippen LogP contribution in [0.25, 0.3) is 0 Å². The fraction of sp³-hybridized carbons (Fsp3) is 0.294. The second-order valence-electron chi connectivity index (χ2n) is 5.89. The van der Waals surface area contributed by atoms with Crippen molar-refractivity contribution in [1.82, 2.24) is 10.2 Å². The zero-order valence-electron chi connectivity index (χ0n) is 15.0. The second kappa shape index (κ2) is 8.66. The number of hydrogen-bond donors (Lipinski definition) is 2. The van der Waals surface area contributed by atoms with Crippen LogP contribution in [-0.4, -0.2) is 62.7 Å². The third-order valence-electron chi connectivity index (χ3n) is 3.91. The molecule has 0 unspecified atom stereocenters. The first-order valence-corrected chi connectivity index (χ1v) is 10.2. The molecule has 2 fully saturated rings. The first kappa shape index (κ1) is 20.9. The molecule has 10 nitrogen and oxygen atoms in total. The molecule has 0 radical (unpaired) electrons. The molecule has 152 valence electrons. The molecule has 2 N–H and O–H groups in total. The summed E-state index contributed by atoms with van der Waals surface area (Å²) in [6, 6.07) is 6.02. The van der Waals surface area contributed by atoms with E-state index >= 15 is 0 Å². The molecule has 5 amide bonds. The van der Waals surface area contributed by atoms with Crippen molar-refractivity contribution in [3.8, 4) is 0 Å². The highest BCUT2D eigenvalue weighted by Gasteiger charge is 2.50. The van der Waals surface area contributed by atoms with Gasteiger partial charge in [-0.1, -0.05) is 6.07 Å². The third kappa shape index (κ3) is 4.59. The number of imide groups is 2. The number of nitrogens with zero attached hydrogens (tertiary/aromatic N) is 1. The van der Waals surface area contributed by atoms with E-state index in [2.05, 4.69) is 10.6 Å². The Morgan fingerprint density at radius 2 is 1.93 bits per heavy atom. The lowest BCUT2D eigenvalue weighted by molar-refractivity contribution is -0.131. The summed E-state index contributed by atoms with van der Waals surface area (Å²) in [5.41, 5.74) is 0.530. The van der Waals surface area contributed by atoms with Crippen LogP contribution in [-0.2, 0) is 19.1 Å². The Bertz CT molecular complexity index is 920. The monoisotopic (exact) mass is 437 g/mol. The Kier molecular flexibility index (Phi) is 6.23. The van der Waals surface area contributed by atoms with Crippen LogP contribution in [0, 0.1) is 0 Å². The maximum atomic E-state index is 12.5. The molecular weight excluding hydrogens is 422 g/mol. The van der Waals surface area contributed by atoms with E-state index < -0.39 is 51.2 Å². The minimum Gasteiger partial charge on any atom is -0.462 e. The number of esters is 1. The molecule has 12 heteroatoms. The van der Waals surface area contributed by atoms with Crippen molar-refractivity contribution in [2.75, 3.05) is 18.5 Å². The Hall–Kier alpha value is -2.86. The summed E-state index contributed by atoms with van der Waals surface area (Å²) >= 11 is 1.25. The van der Waals surface area contributed by atoms with Crippen LogP contribution >= 0.6 is 23.5 Å². The standard InChI is InChI=1S/C17H15N3O7S2/c1-2-27-15(24)8-4-3-5-9(6-8)18-10(21)7-20-14(23)12(29-17(20)26)11-13(22)19-16(25)28-11/h3-6,11-12H,2,7H2,1H3,(H,18,21)(H,19,22,25)/t11-,12-/m1/s1. The average molecular weight is 437 g/mol. The topological polar surface area (TPSA) is 139 Å². The van der Waals surface area contributed by atoms with Crippen LogP contribution in [0.15, 0.2) is 24.3 Å². The van der Waals surface area contributed by atoms with E-state index in [1.165, 1.54) is 18.2 Å². The first-order chi connectivity index (χ1) is 13.8. The number of ether oxygens (including phenoxy) is 1. The molecule has 29 heavy (non-hydrogen) atoms. The van der Waals surface area contributed by atoms with Gasteiger partial charge in [-0.15, -0.1) is 0 Å². The van der Waals surface area contributed by atoms with Crippen molar-refractivity contribution in [3.05, 3.63) is 29.8 Å². The number of anilines is 1. The van der Waals surface area contributed by atoms with Gasteiger partial charge in [0.25, 0.3) is 10.5 Å². The van der Waals surface area contributed by atoms with Gasteiger partial charge < -0.3 is 10.1 Å². The van der Waals surface area contributed by atoms with Gasteiger partial charge in [-0.2, -0.15) is 0 Å². The number of rotatable bonds is 6. The highest BCUT2D eigenvalue weighted by molar-refractivity contribution is 8.19. The van der Waals surface area contributed by atoms with E-state index in [0.717, 1.165) is 4.90 Å². The first-order valence-electron chi connectivity index (χ1n) is 8.40. The molecular formula is C17H15N3O7S2. The van der Waals surface area contributed by atoms with E-state index in [9.17, 15) is 28.8 Å². The molecule has 2 saturated heterocycles. The van der Waals surface area contributed by atoms with E-state index in [0.29, 0.717) is 29.2 Å². The Labute approximate surface area is 173 Å². The molecule has 2 atom stereocenters. The van der Waals surface area contributed by atoms with Crippen molar-refractivity contribution in [1.29, 1.82) is 0 Å². The molecule has 2 heterocycles. The van der Waals surface area contributed by atoms with Crippen molar-refractivity contribution < 1.29 is 33.5 Å². The van der Waals surface area contributed by atoms with Gasteiger partial charge in [-0.05, 0) is 48.6 Å². The number of benzene rings is 1. The van der Waals surface area contributed by atoms with Crippen molar-refractivity contribution >= 4 is 63.4 Å². The molecule has 0 saturated carbocycles. The minimum atomic E-state index is -1.07. The predicted octanol–water partition coefficient (Wildman–Crippen LogP) is 1.22. The number of thioether (sulfide) groups is 2. The summed E-state index contributed by atoms with van der Waals surface area (Å²) in [5.74, 6) is -2.55. The second-order valence-corrected chi connectivity index (χ2v) is 8.10. The Morgan fingerprint density at radius 1 is 1.17 bits per heavy atom. The molecule has 1 aromatic rings. The summed E-state index contributed by atoms with van der Waals surface area (Å²) in [5, 5.41) is 1.22. The average Bonchev–Trinajstić information content (AvgIpc) is 3.14. The lowest BCUT2D eigenvalue weighted by atomic mass is 10.2. The van der Waals surface area contributed by atoms with E-state index in [1.807, 2.05) is 0 Å². The SMILES string of the molecule is CCOC(=O)c1cccc(NC(=O)CN2C(=O)S[C@H]([C@H]3SC(=O)NC3=O)C2=O)c1. The summed E-state index contributed by atoms with van der Waals surface area (Å²) in [6.07, 6.45) is 0. The highest BCUT2D eigenvalue weighted by Crippen LogP contribution is 2.36. The zero-order chi connectivity index (χ0) is 21.1. The molecule has 0 bridgehead atoms. The van der Waals surface area contributed by atoms with Crippen LogP contribution in [0.2, 0.25) is 0 Å². The molecule has 0 aromatic heterocycles. The number of nitrogens with one attached hydrogen (secondary N) is 2.